The predicted molar refractivity (Wildman–Crippen MR) is 131 cm³/mol. The first-order valence-electron chi connectivity index (χ1n) is 11.6. The normalized spacial score (nSPS) is 14.6. The molecule has 9 heteroatoms. The van der Waals surface area contributed by atoms with Crippen molar-refractivity contribution in [1.29, 1.82) is 0 Å². The summed E-state index contributed by atoms with van der Waals surface area (Å²) in [4.78, 5) is 20.0. The van der Waals surface area contributed by atoms with Gasteiger partial charge in [0.05, 0.1) is 27.9 Å². The van der Waals surface area contributed by atoms with E-state index >= 15 is 0 Å². The number of hydrogen-bond acceptors (Lipinski definition) is 4. The first-order valence-corrected chi connectivity index (χ1v) is 11.6. The van der Waals surface area contributed by atoms with Gasteiger partial charge in [0.2, 0.25) is 0 Å². The van der Waals surface area contributed by atoms with E-state index in [4.69, 9.17) is 0 Å². The molecule has 0 spiro atoms. The van der Waals surface area contributed by atoms with Crippen LogP contribution in [-0.2, 0) is 6.18 Å². The molecule has 0 unspecified atom stereocenters. The third-order valence-electron chi connectivity index (χ3n) is 6.28. The number of hydrogen-bond donors (Lipinski definition) is 2. The van der Waals surface area contributed by atoms with Crippen molar-refractivity contribution in [3.63, 3.8) is 0 Å². The minimum absolute atomic E-state index is 0.00493. The molecule has 0 radical (unpaired) electrons. The van der Waals surface area contributed by atoms with Gasteiger partial charge in [-0.1, -0.05) is 24.3 Å². The summed E-state index contributed by atoms with van der Waals surface area (Å²) in [6, 6.07) is 13.4. The molecule has 184 valence electrons. The summed E-state index contributed by atoms with van der Waals surface area (Å²) in [5.41, 5.74) is 1.51. The molecule has 0 atom stereocenters. The molecule has 2 N–H and O–H groups in total. The van der Waals surface area contributed by atoms with Crippen LogP contribution in [-0.4, -0.2) is 44.2 Å². The number of carbonyl (C=O) groups excluding carboxylic acids is 1. The largest absolute Gasteiger partial charge is 0.508 e. The van der Waals surface area contributed by atoms with Crippen LogP contribution in [0.15, 0.2) is 54.6 Å². The van der Waals surface area contributed by atoms with Crippen molar-refractivity contribution in [2.75, 3.05) is 13.1 Å². The fourth-order valence-electron chi connectivity index (χ4n) is 4.46. The molecule has 1 aliphatic heterocycles. The van der Waals surface area contributed by atoms with Crippen LogP contribution in [0.25, 0.3) is 34.4 Å². The van der Waals surface area contributed by atoms with Crippen molar-refractivity contribution >= 4 is 29.1 Å². The lowest BCUT2D eigenvalue weighted by Crippen LogP contribution is -2.35. The SMILES string of the molecule is O=C(c1cc(-c2ccc(O)cc2)nc2n[nH]c(/C=C/c3ccccc3C(F)(F)F)c12)N1CCCCC1. The summed E-state index contributed by atoms with van der Waals surface area (Å²) in [5, 5.41) is 17.2. The van der Waals surface area contributed by atoms with Gasteiger partial charge >= 0.3 is 6.18 Å². The molecule has 2 aromatic heterocycles. The maximum atomic E-state index is 13.6. The zero-order valence-electron chi connectivity index (χ0n) is 19.2. The quantitative estimate of drug-likeness (QED) is 0.358. The number of aromatic hydroxyl groups is 1. The molecule has 2 aromatic carbocycles. The van der Waals surface area contributed by atoms with Crippen LogP contribution in [0.2, 0.25) is 0 Å². The Morgan fingerprint density at radius 3 is 2.44 bits per heavy atom. The average Bonchev–Trinajstić information content (AvgIpc) is 3.30. The van der Waals surface area contributed by atoms with E-state index in [1.807, 2.05) is 0 Å². The minimum atomic E-state index is -4.49. The van der Waals surface area contributed by atoms with Gasteiger partial charge in [-0.15, -0.1) is 0 Å². The van der Waals surface area contributed by atoms with Crippen molar-refractivity contribution in [2.24, 2.45) is 0 Å². The van der Waals surface area contributed by atoms with Crippen molar-refractivity contribution in [1.82, 2.24) is 20.1 Å². The van der Waals surface area contributed by atoms with E-state index in [0.29, 0.717) is 41.0 Å². The average molecular weight is 493 g/mol. The zero-order valence-corrected chi connectivity index (χ0v) is 19.2. The van der Waals surface area contributed by atoms with Crippen molar-refractivity contribution in [3.05, 3.63) is 77.0 Å². The Labute approximate surface area is 205 Å². The number of H-pyrrole nitrogens is 1. The molecule has 0 saturated carbocycles. The standard InChI is InChI=1S/C27H23F3N4O2/c28-27(29,30)21-7-3-2-6-17(21)10-13-22-24-20(26(36)34-14-4-1-5-15-34)16-23(31-25(24)33-32-22)18-8-11-19(35)12-9-18/h2-3,6-13,16,35H,1,4-5,14-15H2,(H,31,32,33)/b13-10+. The van der Waals surface area contributed by atoms with Crippen molar-refractivity contribution in [3.8, 4) is 17.0 Å². The second-order valence-corrected chi connectivity index (χ2v) is 8.71. The van der Waals surface area contributed by atoms with E-state index in [0.717, 1.165) is 25.3 Å². The number of piperidine rings is 1. The first kappa shape index (κ1) is 23.6. The Kier molecular flexibility index (Phi) is 6.22. The molecule has 5 rings (SSSR count). The summed E-state index contributed by atoms with van der Waals surface area (Å²) >= 11 is 0. The number of nitrogens with one attached hydrogen (secondary N) is 1. The topological polar surface area (TPSA) is 82.1 Å². The lowest BCUT2D eigenvalue weighted by atomic mass is 10.0. The van der Waals surface area contributed by atoms with Gasteiger partial charge in [-0.2, -0.15) is 18.3 Å². The van der Waals surface area contributed by atoms with E-state index < -0.39 is 11.7 Å². The molecule has 1 fully saturated rings. The number of rotatable bonds is 4. The summed E-state index contributed by atoms with van der Waals surface area (Å²) in [6.07, 6.45) is 1.25. The minimum Gasteiger partial charge on any atom is -0.508 e. The number of halogens is 3. The number of benzene rings is 2. The molecule has 0 bridgehead atoms. The summed E-state index contributed by atoms with van der Waals surface area (Å²) in [5.74, 6) is -0.0651. The van der Waals surface area contributed by atoms with Crippen LogP contribution in [0.1, 0.15) is 46.4 Å². The molecule has 0 aliphatic carbocycles. The molecule has 36 heavy (non-hydrogen) atoms. The van der Waals surface area contributed by atoms with Crippen LogP contribution < -0.4 is 0 Å². The Morgan fingerprint density at radius 2 is 1.72 bits per heavy atom. The van der Waals surface area contributed by atoms with E-state index in [2.05, 4.69) is 15.2 Å². The van der Waals surface area contributed by atoms with Gasteiger partial charge in [0, 0.05) is 18.7 Å². The molecule has 1 saturated heterocycles. The number of nitrogens with zero attached hydrogens (tertiary/aromatic N) is 3. The Balaban J connectivity index is 1.62. The van der Waals surface area contributed by atoms with Gasteiger partial charge in [0.1, 0.15) is 5.75 Å². The number of carbonyl (C=O) groups is 1. The summed E-state index contributed by atoms with van der Waals surface area (Å²) in [7, 11) is 0. The molecule has 4 aromatic rings. The third-order valence-corrected chi connectivity index (χ3v) is 6.28. The van der Waals surface area contributed by atoms with Crippen molar-refractivity contribution in [2.45, 2.75) is 25.4 Å². The fraction of sp³-hybridized carbons (Fsp3) is 0.222. The smallest absolute Gasteiger partial charge is 0.416 e. The van der Waals surface area contributed by atoms with Gasteiger partial charge in [0.15, 0.2) is 5.65 Å². The highest BCUT2D eigenvalue weighted by molar-refractivity contribution is 6.09. The Morgan fingerprint density at radius 1 is 1.00 bits per heavy atom. The van der Waals surface area contributed by atoms with Gasteiger partial charge in [-0.25, -0.2) is 4.98 Å². The second kappa shape index (κ2) is 9.49. The lowest BCUT2D eigenvalue weighted by Gasteiger charge is -2.27. The maximum Gasteiger partial charge on any atom is 0.416 e. The van der Waals surface area contributed by atoms with E-state index in [9.17, 15) is 23.1 Å². The molecule has 1 amide bonds. The molecular weight excluding hydrogens is 469 g/mol. The predicted octanol–water partition coefficient (Wildman–Crippen LogP) is 6.15. The monoisotopic (exact) mass is 492 g/mol. The first-order chi connectivity index (χ1) is 17.3. The number of likely N-dealkylation sites (tertiary alicyclic amines) is 1. The molecule has 3 heterocycles. The number of aromatic amines is 1. The summed E-state index contributed by atoms with van der Waals surface area (Å²) in [6.45, 7) is 1.28. The van der Waals surface area contributed by atoms with Crippen LogP contribution in [0.3, 0.4) is 0 Å². The van der Waals surface area contributed by atoms with Gasteiger partial charge < -0.3 is 10.0 Å². The number of alkyl halides is 3. The van der Waals surface area contributed by atoms with E-state index in [-0.39, 0.29) is 22.9 Å². The molecule has 1 aliphatic rings. The number of phenols is 1. The van der Waals surface area contributed by atoms with E-state index in [1.54, 1.807) is 23.1 Å². The molecule has 6 nitrogen and oxygen atoms in total. The fourth-order valence-corrected chi connectivity index (χ4v) is 4.46. The second-order valence-electron chi connectivity index (χ2n) is 8.71. The number of pyridine rings is 1. The van der Waals surface area contributed by atoms with Crippen LogP contribution in [0.4, 0.5) is 13.2 Å². The molecular formula is C27H23F3N4O2. The number of fused-ring (bicyclic) bond motifs is 1. The maximum absolute atomic E-state index is 13.6. The number of phenolic OH excluding ortho intramolecular Hbond substituents is 1. The highest BCUT2D eigenvalue weighted by atomic mass is 19.4. The summed E-state index contributed by atoms with van der Waals surface area (Å²) < 4.78 is 40.3. The van der Waals surface area contributed by atoms with Crippen molar-refractivity contribution < 1.29 is 23.1 Å². The zero-order chi connectivity index (χ0) is 25.3. The highest BCUT2D eigenvalue weighted by Gasteiger charge is 2.32. The van der Waals surface area contributed by atoms with Crippen LogP contribution >= 0.6 is 0 Å². The van der Waals surface area contributed by atoms with Gasteiger partial charge in [-0.3, -0.25) is 9.89 Å². The van der Waals surface area contributed by atoms with Gasteiger partial charge in [0.25, 0.3) is 5.91 Å². The van der Waals surface area contributed by atoms with Gasteiger partial charge in [-0.05, 0) is 67.3 Å². The third kappa shape index (κ3) is 4.68. The lowest BCUT2D eigenvalue weighted by molar-refractivity contribution is -0.137. The Hall–Kier alpha value is -4.14. The number of aromatic nitrogens is 3. The Bertz CT molecular complexity index is 1440. The van der Waals surface area contributed by atoms with E-state index in [1.165, 1.54) is 42.5 Å². The highest BCUT2D eigenvalue weighted by Crippen LogP contribution is 2.34. The van der Waals surface area contributed by atoms with Crippen LogP contribution in [0, 0.1) is 0 Å². The number of amides is 1. The van der Waals surface area contributed by atoms with Crippen LogP contribution in [0.5, 0.6) is 5.75 Å².